The number of benzene rings is 1. The molecule has 1 aromatic carbocycles. The number of hydrogen-bond donors (Lipinski definition) is 2. The fourth-order valence-electron chi connectivity index (χ4n) is 2.09. The highest BCUT2D eigenvalue weighted by atomic mass is 19.4. The van der Waals surface area contributed by atoms with Gasteiger partial charge >= 0.3 is 6.18 Å². The minimum atomic E-state index is -4.60. The Hall–Kier alpha value is -1.96. The van der Waals surface area contributed by atoms with Crippen molar-refractivity contribution in [3.63, 3.8) is 0 Å². The van der Waals surface area contributed by atoms with Crippen molar-refractivity contribution in [1.82, 2.24) is 0 Å². The number of halogens is 3. The molecule has 8 heteroatoms. The van der Waals surface area contributed by atoms with Gasteiger partial charge in [0.1, 0.15) is 12.4 Å². The second-order valence-electron chi connectivity index (χ2n) is 4.64. The first-order valence-corrected chi connectivity index (χ1v) is 6.35. The number of alkyl halides is 3. The average molecular weight is 304 g/mol. The van der Waals surface area contributed by atoms with E-state index >= 15 is 0 Å². The molecular formula is C13H15F3N2O3. The van der Waals surface area contributed by atoms with E-state index in [1.54, 1.807) is 0 Å². The standard InChI is InChI=1S/C13H15F3N2O3/c14-13(15,16)11-4-3-8(6-10(11)12(17)18-19)21-7-9-2-1-5-20-9/h3-4,6,9,19H,1-2,5,7H2,(H2,17,18). The Bertz CT molecular complexity index is 526. The molecule has 1 fully saturated rings. The van der Waals surface area contributed by atoms with Crippen molar-refractivity contribution < 1.29 is 27.9 Å². The molecule has 1 heterocycles. The molecule has 0 amide bonds. The number of rotatable bonds is 4. The van der Waals surface area contributed by atoms with Gasteiger partial charge in [-0.05, 0) is 31.0 Å². The lowest BCUT2D eigenvalue weighted by Gasteiger charge is -2.15. The highest BCUT2D eigenvalue weighted by Crippen LogP contribution is 2.34. The summed E-state index contributed by atoms with van der Waals surface area (Å²) >= 11 is 0. The highest BCUT2D eigenvalue weighted by Gasteiger charge is 2.34. The van der Waals surface area contributed by atoms with Gasteiger partial charge < -0.3 is 20.4 Å². The van der Waals surface area contributed by atoms with Crippen LogP contribution in [0.5, 0.6) is 5.75 Å². The third-order valence-electron chi connectivity index (χ3n) is 3.14. The van der Waals surface area contributed by atoms with Gasteiger partial charge in [0, 0.05) is 12.2 Å². The van der Waals surface area contributed by atoms with Crippen molar-refractivity contribution in [2.24, 2.45) is 10.9 Å². The number of ether oxygens (including phenoxy) is 2. The van der Waals surface area contributed by atoms with Crippen LogP contribution in [-0.2, 0) is 10.9 Å². The summed E-state index contributed by atoms with van der Waals surface area (Å²) in [5.41, 5.74) is 3.89. The van der Waals surface area contributed by atoms with Gasteiger partial charge in [-0.15, -0.1) is 0 Å². The van der Waals surface area contributed by atoms with E-state index in [0.717, 1.165) is 25.0 Å². The molecule has 5 nitrogen and oxygen atoms in total. The molecule has 1 atom stereocenters. The first-order valence-electron chi connectivity index (χ1n) is 6.35. The Morgan fingerprint density at radius 3 is 2.81 bits per heavy atom. The lowest BCUT2D eigenvalue weighted by Crippen LogP contribution is -2.21. The van der Waals surface area contributed by atoms with E-state index in [9.17, 15) is 13.2 Å². The minimum absolute atomic E-state index is 0.0559. The maximum atomic E-state index is 12.9. The molecule has 0 radical (unpaired) electrons. The Morgan fingerprint density at radius 2 is 2.24 bits per heavy atom. The minimum Gasteiger partial charge on any atom is -0.491 e. The SMILES string of the molecule is N/C(=N/O)c1cc(OCC2CCCO2)ccc1C(F)(F)F. The number of hydrogen-bond acceptors (Lipinski definition) is 4. The van der Waals surface area contributed by atoms with Crippen molar-refractivity contribution in [1.29, 1.82) is 0 Å². The third kappa shape index (κ3) is 3.78. The molecule has 1 unspecified atom stereocenters. The maximum Gasteiger partial charge on any atom is 0.417 e. The van der Waals surface area contributed by atoms with E-state index in [-0.39, 0.29) is 18.5 Å². The molecule has 3 N–H and O–H groups in total. The second kappa shape index (κ2) is 6.21. The zero-order valence-electron chi connectivity index (χ0n) is 11.1. The van der Waals surface area contributed by atoms with Gasteiger partial charge in [0.05, 0.1) is 11.7 Å². The molecule has 0 spiro atoms. The summed E-state index contributed by atoms with van der Waals surface area (Å²) in [6.45, 7) is 0.914. The van der Waals surface area contributed by atoms with Crippen molar-refractivity contribution in [3.05, 3.63) is 29.3 Å². The quantitative estimate of drug-likeness (QED) is 0.387. The lowest BCUT2D eigenvalue weighted by molar-refractivity contribution is -0.137. The molecule has 1 aromatic rings. The second-order valence-corrected chi connectivity index (χ2v) is 4.64. The Kier molecular flexibility index (Phi) is 4.56. The summed E-state index contributed by atoms with van der Waals surface area (Å²) in [5, 5.41) is 11.2. The number of amidine groups is 1. The predicted octanol–water partition coefficient (Wildman–Crippen LogP) is 2.36. The van der Waals surface area contributed by atoms with Gasteiger partial charge in [-0.25, -0.2) is 0 Å². The molecule has 0 aliphatic carbocycles. The van der Waals surface area contributed by atoms with Crippen molar-refractivity contribution in [3.8, 4) is 5.75 Å². The zero-order valence-corrected chi connectivity index (χ0v) is 11.1. The molecule has 0 bridgehead atoms. The summed E-state index contributed by atoms with van der Waals surface area (Å²) in [7, 11) is 0. The predicted molar refractivity (Wildman–Crippen MR) is 68.4 cm³/mol. The van der Waals surface area contributed by atoms with Gasteiger partial charge in [0.15, 0.2) is 5.84 Å². The van der Waals surface area contributed by atoms with E-state index in [4.69, 9.17) is 20.4 Å². The highest BCUT2D eigenvalue weighted by molar-refractivity contribution is 5.99. The van der Waals surface area contributed by atoms with Gasteiger partial charge in [-0.2, -0.15) is 13.2 Å². The zero-order chi connectivity index (χ0) is 15.5. The van der Waals surface area contributed by atoms with Crippen LogP contribution in [0.15, 0.2) is 23.4 Å². The fraction of sp³-hybridized carbons (Fsp3) is 0.462. The van der Waals surface area contributed by atoms with E-state index in [1.807, 2.05) is 0 Å². The van der Waals surface area contributed by atoms with Crippen LogP contribution in [0.1, 0.15) is 24.0 Å². The summed E-state index contributed by atoms with van der Waals surface area (Å²) in [4.78, 5) is 0. The fourth-order valence-corrected chi connectivity index (χ4v) is 2.09. The van der Waals surface area contributed by atoms with Crippen LogP contribution in [0.25, 0.3) is 0 Å². The van der Waals surface area contributed by atoms with Crippen LogP contribution in [0, 0.1) is 0 Å². The Balaban J connectivity index is 2.20. The molecule has 2 rings (SSSR count). The lowest BCUT2D eigenvalue weighted by atomic mass is 10.1. The van der Waals surface area contributed by atoms with Gasteiger partial charge in [0.2, 0.25) is 0 Å². The summed E-state index contributed by atoms with van der Waals surface area (Å²) in [6, 6.07) is 3.15. The normalized spacial score (nSPS) is 19.8. The number of nitrogens with zero attached hydrogens (tertiary/aromatic N) is 1. The van der Waals surface area contributed by atoms with Gasteiger partial charge in [-0.3, -0.25) is 0 Å². The third-order valence-corrected chi connectivity index (χ3v) is 3.14. The number of nitrogens with two attached hydrogens (primary N) is 1. The monoisotopic (exact) mass is 304 g/mol. The van der Waals surface area contributed by atoms with Crippen LogP contribution in [0.3, 0.4) is 0 Å². The van der Waals surface area contributed by atoms with Crippen LogP contribution in [-0.4, -0.2) is 30.4 Å². The first-order chi connectivity index (χ1) is 9.91. The van der Waals surface area contributed by atoms with Crippen LogP contribution in [0.2, 0.25) is 0 Å². The molecule has 0 saturated carbocycles. The Morgan fingerprint density at radius 1 is 1.48 bits per heavy atom. The molecular weight excluding hydrogens is 289 g/mol. The first kappa shape index (κ1) is 15.4. The molecule has 21 heavy (non-hydrogen) atoms. The average Bonchev–Trinajstić information content (AvgIpc) is 2.96. The van der Waals surface area contributed by atoms with Crippen LogP contribution in [0.4, 0.5) is 13.2 Å². The molecule has 1 aliphatic rings. The van der Waals surface area contributed by atoms with Crippen molar-refractivity contribution >= 4 is 5.84 Å². The summed E-state index contributed by atoms with van der Waals surface area (Å²) in [5.74, 6) is -0.412. The van der Waals surface area contributed by atoms with Gasteiger partial charge in [0.25, 0.3) is 0 Å². The molecule has 1 aliphatic heterocycles. The Labute approximate surface area is 119 Å². The van der Waals surface area contributed by atoms with E-state index < -0.39 is 23.1 Å². The van der Waals surface area contributed by atoms with Crippen LogP contribution >= 0.6 is 0 Å². The summed E-state index contributed by atoms with van der Waals surface area (Å²) < 4.78 is 49.3. The summed E-state index contributed by atoms with van der Waals surface area (Å²) in [6.07, 6.45) is -2.86. The topological polar surface area (TPSA) is 77.1 Å². The molecule has 0 aromatic heterocycles. The molecule has 116 valence electrons. The van der Waals surface area contributed by atoms with E-state index in [1.165, 1.54) is 6.07 Å². The van der Waals surface area contributed by atoms with Crippen LogP contribution < -0.4 is 10.5 Å². The van der Waals surface area contributed by atoms with E-state index in [0.29, 0.717) is 6.61 Å². The number of oxime groups is 1. The van der Waals surface area contributed by atoms with E-state index in [2.05, 4.69) is 5.16 Å². The molecule has 1 saturated heterocycles. The van der Waals surface area contributed by atoms with Crippen molar-refractivity contribution in [2.45, 2.75) is 25.1 Å². The maximum absolute atomic E-state index is 12.9. The smallest absolute Gasteiger partial charge is 0.417 e. The largest absolute Gasteiger partial charge is 0.491 e. The van der Waals surface area contributed by atoms with Crippen molar-refractivity contribution in [2.75, 3.05) is 13.2 Å². The van der Waals surface area contributed by atoms with Gasteiger partial charge in [-0.1, -0.05) is 5.16 Å².